The van der Waals surface area contributed by atoms with E-state index in [0.717, 1.165) is 25.9 Å². The average Bonchev–Trinajstić information content (AvgIpc) is 2.30. The standard InChI is InChI=1S/C11H15N3O2/c12-13-7-5-10(6-8-13)9-1-3-11(4-2-9)14(15)16/h1-4,10H,5-8,12H2. The number of rotatable bonds is 2. The molecule has 1 aliphatic heterocycles. The highest BCUT2D eigenvalue weighted by atomic mass is 16.6. The van der Waals surface area contributed by atoms with Gasteiger partial charge in [0.05, 0.1) is 4.92 Å². The summed E-state index contributed by atoms with van der Waals surface area (Å²) >= 11 is 0. The van der Waals surface area contributed by atoms with Gasteiger partial charge in [0.15, 0.2) is 0 Å². The van der Waals surface area contributed by atoms with Gasteiger partial charge in [0.25, 0.3) is 5.69 Å². The summed E-state index contributed by atoms with van der Waals surface area (Å²) in [5.74, 6) is 6.17. The molecule has 0 amide bonds. The first kappa shape index (κ1) is 11.0. The van der Waals surface area contributed by atoms with Crippen LogP contribution >= 0.6 is 0 Å². The Balaban J connectivity index is 2.07. The van der Waals surface area contributed by atoms with E-state index in [9.17, 15) is 10.1 Å². The molecule has 0 saturated carbocycles. The number of nitrogens with zero attached hydrogens (tertiary/aromatic N) is 2. The fourth-order valence-corrected chi connectivity index (χ4v) is 2.10. The van der Waals surface area contributed by atoms with Gasteiger partial charge in [-0.25, -0.2) is 5.01 Å². The number of hydrogen-bond donors (Lipinski definition) is 1. The van der Waals surface area contributed by atoms with Gasteiger partial charge in [0.1, 0.15) is 0 Å². The highest BCUT2D eigenvalue weighted by Gasteiger charge is 2.19. The van der Waals surface area contributed by atoms with Crippen molar-refractivity contribution in [1.29, 1.82) is 0 Å². The van der Waals surface area contributed by atoms with E-state index in [2.05, 4.69) is 0 Å². The smallest absolute Gasteiger partial charge is 0.269 e. The lowest BCUT2D eigenvalue weighted by molar-refractivity contribution is -0.384. The van der Waals surface area contributed by atoms with E-state index in [1.165, 1.54) is 5.56 Å². The minimum Gasteiger partial charge on any atom is -0.269 e. The molecular weight excluding hydrogens is 206 g/mol. The molecule has 16 heavy (non-hydrogen) atoms. The summed E-state index contributed by atoms with van der Waals surface area (Å²) < 4.78 is 0. The van der Waals surface area contributed by atoms with Crippen LogP contribution < -0.4 is 5.84 Å². The summed E-state index contributed by atoms with van der Waals surface area (Å²) in [5.41, 5.74) is 1.33. The number of hydrogen-bond acceptors (Lipinski definition) is 4. The van der Waals surface area contributed by atoms with Crippen molar-refractivity contribution < 1.29 is 4.92 Å². The Morgan fingerprint density at radius 2 is 1.81 bits per heavy atom. The molecule has 0 aromatic heterocycles. The van der Waals surface area contributed by atoms with Crippen molar-refractivity contribution in [3.05, 3.63) is 39.9 Å². The van der Waals surface area contributed by atoms with Crippen molar-refractivity contribution in [2.45, 2.75) is 18.8 Å². The molecule has 2 rings (SSSR count). The third-order valence-electron chi connectivity index (χ3n) is 3.10. The quantitative estimate of drug-likeness (QED) is 0.468. The molecule has 2 N–H and O–H groups in total. The van der Waals surface area contributed by atoms with Crippen LogP contribution in [-0.4, -0.2) is 23.0 Å². The molecule has 86 valence electrons. The molecule has 1 heterocycles. The number of piperidine rings is 1. The molecule has 1 aromatic rings. The Hall–Kier alpha value is -1.46. The zero-order valence-electron chi connectivity index (χ0n) is 9.00. The van der Waals surface area contributed by atoms with Gasteiger partial charge in [-0.3, -0.25) is 16.0 Å². The highest BCUT2D eigenvalue weighted by molar-refractivity contribution is 5.34. The second-order valence-corrected chi connectivity index (χ2v) is 4.16. The Kier molecular flexibility index (Phi) is 3.17. The minimum absolute atomic E-state index is 0.153. The first-order chi connectivity index (χ1) is 7.66. The lowest BCUT2D eigenvalue weighted by Gasteiger charge is -2.28. The van der Waals surface area contributed by atoms with Crippen LogP contribution in [0.4, 0.5) is 5.69 Å². The lowest BCUT2D eigenvalue weighted by Crippen LogP contribution is -2.38. The van der Waals surface area contributed by atoms with Crippen molar-refractivity contribution in [2.75, 3.05) is 13.1 Å². The second-order valence-electron chi connectivity index (χ2n) is 4.16. The molecule has 1 aromatic carbocycles. The molecule has 1 aliphatic rings. The van der Waals surface area contributed by atoms with Gasteiger partial charge in [0.2, 0.25) is 0 Å². The van der Waals surface area contributed by atoms with Crippen LogP contribution in [0.25, 0.3) is 0 Å². The third-order valence-corrected chi connectivity index (χ3v) is 3.10. The molecule has 0 radical (unpaired) electrons. The maximum absolute atomic E-state index is 10.5. The Bertz CT molecular complexity index is 369. The fourth-order valence-electron chi connectivity index (χ4n) is 2.10. The van der Waals surface area contributed by atoms with E-state index in [0.29, 0.717) is 5.92 Å². The zero-order chi connectivity index (χ0) is 11.5. The van der Waals surface area contributed by atoms with Crippen molar-refractivity contribution in [2.24, 2.45) is 5.84 Å². The van der Waals surface area contributed by atoms with Crippen molar-refractivity contribution >= 4 is 5.69 Å². The fraction of sp³-hybridized carbons (Fsp3) is 0.455. The summed E-state index contributed by atoms with van der Waals surface area (Å²) in [7, 11) is 0. The van der Waals surface area contributed by atoms with Crippen LogP contribution in [0.3, 0.4) is 0 Å². The van der Waals surface area contributed by atoms with Gasteiger partial charge in [-0.2, -0.15) is 0 Å². The third kappa shape index (κ3) is 2.37. The van der Waals surface area contributed by atoms with E-state index in [4.69, 9.17) is 5.84 Å². The number of nitro groups is 1. The normalized spacial score (nSPS) is 18.6. The first-order valence-electron chi connectivity index (χ1n) is 5.41. The summed E-state index contributed by atoms with van der Waals surface area (Å²) in [4.78, 5) is 10.1. The maximum Gasteiger partial charge on any atom is 0.269 e. The Labute approximate surface area is 94.0 Å². The van der Waals surface area contributed by atoms with Crippen LogP contribution in [0.5, 0.6) is 0 Å². The zero-order valence-corrected chi connectivity index (χ0v) is 9.00. The van der Waals surface area contributed by atoms with Crippen molar-refractivity contribution in [3.63, 3.8) is 0 Å². The van der Waals surface area contributed by atoms with Gasteiger partial charge in [-0.15, -0.1) is 0 Å². The Morgan fingerprint density at radius 1 is 1.25 bits per heavy atom. The topological polar surface area (TPSA) is 72.4 Å². The largest absolute Gasteiger partial charge is 0.269 e. The highest BCUT2D eigenvalue weighted by Crippen LogP contribution is 2.28. The van der Waals surface area contributed by atoms with Gasteiger partial charge in [0, 0.05) is 25.2 Å². The van der Waals surface area contributed by atoms with Gasteiger partial charge >= 0.3 is 0 Å². The van der Waals surface area contributed by atoms with E-state index in [1.807, 2.05) is 17.1 Å². The molecule has 0 bridgehead atoms. The van der Waals surface area contributed by atoms with Crippen molar-refractivity contribution in [1.82, 2.24) is 5.01 Å². The van der Waals surface area contributed by atoms with Crippen molar-refractivity contribution in [3.8, 4) is 0 Å². The van der Waals surface area contributed by atoms with Crippen LogP contribution in [0.1, 0.15) is 24.3 Å². The van der Waals surface area contributed by atoms with E-state index in [-0.39, 0.29) is 10.6 Å². The summed E-state index contributed by atoms with van der Waals surface area (Å²) in [6.45, 7) is 1.78. The van der Waals surface area contributed by atoms with Gasteiger partial charge in [-0.05, 0) is 24.3 Å². The summed E-state index contributed by atoms with van der Waals surface area (Å²) in [5, 5.41) is 12.3. The molecule has 1 saturated heterocycles. The molecule has 0 unspecified atom stereocenters. The molecule has 0 spiro atoms. The number of non-ortho nitro benzene ring substituents is 1. The number of hydrazine groups is 1. The average molecular weight is 221 g/mol. The van der Waals surface area contributed by atoms with Gasteiger partial charge < -0.3 is 0 Å². The molecule has 0 aliphatic carbocycles. The molecule has 1 fully saturated rings. The molecular formula is C11H15N3O2. The maximum atomic E-state index is 10.5. The predicted molar refractivity (Wildman–Crippen MR) is 60.8 cm³/mol. The second kappa shape index (κ2) is 4.59. The van der Waals surface area contributed by atoms with Crippen LogP contribution in [0, 0.1) is 10.1 Å². The molecule has 5 nitrogen and oxygen atoms in total. The van der Waals surface area contributed by atoms with E-state index in [1.54, 1.807) is 12.1 Å². The first-order valence-corrected chi connectivity index (χ1v) is 5.41. The van der Waals surface area contributed by atoms with Crippen LogP contribution in [0.2, 0.25) is 0 Å². The number of benzene rings is 1. The summed E-state index contributed by atoms with van der Waals surface area (Å²) in [6.07, 6.45) is 2.04. The van der Waals surface area contributed by atoms with Crippen LogP contribution in [0.15, 0.2) is 24.3 Å². The molecule has 5 heteroatoms. The lowest BCUT2D eigenvalue weighted by atomic mass is 9.90. The SMILES string of the molecule is NN1CCC(c2ccc([N+](=O)[O-])cc2)CC1. The molecule has 0 atom stereocenters. The summed E-state index contributed by atoms with van der Waals surface area (Å²) in [6, 6.07) is 6.86. The Morgan fingerprint density at radius 3 is 2.31 bits per heavy atom. The van der Waals surface area contributed by atoms with E-state index >= 15 is 0 Å². The minimum atomic E-state index is -0.369. The monoisotopic (exact) mass is 221 g/mol. The van der Waals surface area contributed by atoms with E-state index < -0.39 is 0 Å². The van der Waals surface area contributed by atoms with Gasteiger partial charge in [-0.1, -0.05) is 12.1 Å². The predicted octanol–water partition coefficient (Wildman–Crippen LogP) is 1.65. The van der Waals surface area contributed by atoms with Crippen LogP contribution in [-0.2, 0) is 0 Å². The number of nitrogens with two attached hydrogens (primary N) is 1. The number of nitro benzene ring substituents is 1.